The molecule has 1 aromatic carbocycles. The number of halogens is 4. The van der Waals surface area contributed by atoms with Gasteiger partial charge in [-0.15, -0.1) is 0 Å². The molecule has 0 aliphatic carbocycles. The van der Waals surface area contributed by atoms with Gasteiger partial charge < -0.3 is 10.1 Å². The molecular weight excluding hydrogens is 335 g/mol. The summed E-state index contributed by atoms with van der Waals surface area (Å²) in [5.41, 5.74) is 0.318. The Hall–Kier alpha value is -1.76. The van der Waals surface area contributed by atoms with Crippen molar-refractivity contribution < 1.29 is 27.5 Å². The topological polar surface area (TPSA) is 55.4 Å². The number of carbonyl (C=O) groups excluding carboxylic acids is 2. The number of cyclic esters (lactones) is 1. The van der Waals surface area contributed by atoms with Crippen LogP contribution in [0.2, 0.25) is 5.02 Å². The first-order chi connectivity index (χ1) is 10.7. The molecule has 1 aromatic rings. The van der Waals surface area contributed by atoms with Gasteiger partial charge in [0.15, 0.2) is 0 Å². The zero-order chi connectivity index (χ0) is 17.0. The monoisotopic (exact) mass is 349 g/mol. The fourth-order valence-corrected chi connectivity index (χ4v) is 2.52. The molecule has 0 saturated carbocycles. The molecule has 23 heavy (non-hydrogen) atoms. The second kappa shape index (κ2) is 7.21. The van der Waals surface area contributed by atoms with Crippen molar-refractivity contribution in [2.24, 2.45) is 5.92 Å². The van der Waals surface area contributed by atoms with Crippen molar-refractivity contribution >= 4 is 23.5 Å². The van der Waals surface area contributed by atoms with E-state index in [0.29, 0.717) is 10.6 Å². The minimum absolute atomic E-state index is 0.0479. The molecule has 1 fully saturated rings. The number of benzene rings is 1. The fourth-order valence-electron chi connectivity index (χ4n) is 2.39. The molecule has 2 atom stereocenters. The highest BCUT2D eigenvalue weighted by Gasteiger charge is 2.34. The van der Waals surface area contributed by atoms with Gasteiger partial charge >= 0.3 is 12.1 Å². The summed E-state index contributed by atoms with van der Waals surface area (Å²) >= 11 is 5.73. The maximum absolute atomic E-state index is 12.7. The third-order valence-corrected chi connectivity index (χ3v) is 3.70. The molecule has 126 valence electrons. The average Bonchev–Trinajstić information content (AvgIpc) is 2.82. The van der Waals surface area contributed by atoms with E-state index in [1.807, 2.05) is 0 Å². The molecule has 0 aromatic heterocycles. The number of hydrogen-bond acceptors (Lipinski definition) is 3. The van der Waals surface area contributed by atoms with Gasteiger partial charge in [-0.3, -0.25) is 9.59 Å². The number of hydrogen-bond donors (Lipinski definition) is 1. The van der Waals surface area contributed by atoms with Crippen LogP contribution in [0.25, 0.3) is 0 Å². The van der Waals surface area contributed by atoms with Gasteiger partial charge in [0.2, 0.25) is 5.91 Å². The normalized spacial score (nSPS) is 19.3. The summed E-state index contributed by atoms with van der Waals surface area (Å²) in [6.45, 7) is 0.122. The van der Waals surface area contributed by atoms with E-state index in [9.17, 15) is 22.8 Å². The Kier molecular flexibility index (Phi) is 5.51. The van der Waals surface area contributed by atoms with Gasteiger partial charge in [0.05, 0.1) is 25.5 Å². The summed E-state index contributed by atoms with van der Waals surface area (Å²) < 4.78 is 42.9. The standard InChI is InChI=1S/C15H15ClF3NO3/c16-11-3-1-10(2-4-11)12(7-15(17,18)19)20-13(21)5-9-6-14(22)23-8-9/h1-4,9,12H,5-8H2,(H,20,21)/t9-,12-/m1/s1. The lowest BCUT2D eigenvalue weighted by Crippen LogP contribution is -2.33. The zero-order valence-corrected chi connectivity index (χ0v) is 12.8. The highest BCUT2D eigenvalue weighted by atomic mass is 35.5. The second-order valence-corrected chi connectivity index (χ2v) is 5.88. The third-order valence-electron chi connectivity index (χ3n) is 3.45. The van der Waals surface area contributed by atoms with Crippen molar-refractivity contribution in [1.82, 2.24) is 5.32 Å². The van der Waals surface area contributed by atoms with E-state index in [1.54, 1.807) is 0 Å². The highest BCUT2D eigenvalue weighted by molar-refractivity contribution is 6.30. The van der Waals surface area contributed by atoms with Crippen LogP contribution in [0.15, 0.2) is 24.3 Å². The summed E-state index contributed by atoms with van der Waals surface area (Å²) in [6.07, 6.45) is -5.55. The van der Waals surface area contributed by atoms with E-state index >= 15 is 0 Å². The minimum Gasteiger partial charge on any atom is -0.465 e. The summed E-state index contributed by atoms with van der Waals surface area (Å²) in [7, 11) is 0. The smallest absolute Gasteiger partial charge is 0.391 e. The van der Waals surface area contributed by atoms with Crippen LogP contribution in [0, 0.1) is 5.92 Å². The van der Waals surface area contributed by atoms with Crippen LogP contribution in [-0.2, 0) is 14.3 Å². The first-order valence-corrected chi connectivity index (χ1v) is 7.38. The van der Waals surface area contributed by atoms with Crippen molar-refractivity contribution in [3.63, 3.8) is 0 Å². The Balaban J connectivity index is 2.03. The first kappa shape index (κ1) is 17.6. The van der Waals surface area contributed by atoms with E-state index in [4.69, 9.17) is 16.3 Å². The van der Waals surface area contributed by atoms with Gasteiger partial charge in [-0.2, -0.15) is 13.2 Å². The summed E-state index contributed by atoms with van der Waals surface area (Å²) in [5.74, 6) is -1.23. The lowest BCUT2D eigenvalue weighted by Gasteiger charge is -2.21. The maximum atomic E-state index is 12.7. The van der Waals surface area contributed by atoms with E-state index < -0.39 is 30.5 Å². The quantitative estimate of drug-likeness (QED) is 0.829. The van der Waals surface area contributed by atoms with Crippen LogP contribution in [0.1, 0.15) is 30.9 Å². The van der Waals surface area contributed by atoms with E-state index in [1.165, 1.54) is 24.3 Å². The van der Waals surface area contributed by atoms with E-state index in [-0.39, 0.29) is 25.4 Å². The predicted octanol–water partition coefficient (Wildman–Crippen LogP) is 3.40. The summed E-state index contributed by atoms with van der Waals surface area (Å²) in [5, 5.41) is 2.78. The average molecular weight is 350 g/mol. The molecule has 2 rings (SSSR count). The fraction of sp³-hybridized carbons (Fsp3) is 0.467. The number of alkyl halides is 3. The molecule has 0 unspecified atom stereocenters. The van der Waals surface area contributed by atoms with Gasteiger partial charge in [-0.05, 0) is 17.7 Å². The molecule has 1 amide bonds. The van der Waals surface area contributed by atoms with Gasteiger partial charge in [0.25, 0.3) is 0 Å². The number of ether oxygens (including phenoxy) is 1. The van der Waals surface area contributed by atoms with Crippen molar-refractivity contribution in [1.29, 1.82) is 0 Å². The SMILES string of the molecule is O=C(C[C@H]1COC(=O)C1)N[C@H](CC(F)(F)F)c1ccc(Cl)cc1. The molecule has 0 bridgehead atoms. The van der Waals surface area contributed by atoms with Crippen LogP contribution in [0.5, 0.6) is 0 Å². The molecule has 1 aliphatic rings. The van der Waals surface area contributed by atoms with Crippen LogP contribution in [-0.4, -0.2) is 24.7 Å². The van der Waals surface area contributed by atoms with E-state index in [0.717, 1.165) is 0 Å². The molecule has 1 heterocycles. The number of amides is 1. The Morgan fingerprint density at radius 2 is 2.00 bits per heavy atom. The van der Waals surface area contributed by atoms with Gasteiger partial charge in [0.1, 0.15) is 0 Å². The number of carbonyl (C=O) groups is 2. The Bertz CT molecular complexity index is 574. The van der Waals surface area contributed by atoms with Gasteiger partial charge in [-0.25, -0.2) is 0 Å². The molecular formula is C15H15ClF3NO3. The Morgan fingerprint density at radius 1 is 1.35 bits per heavy atom. The van der Waals surface area contributed by atoms with Crippen molar-refractivity contribution in [2.45, 2.75) is 31.5 Å². The minimum atomic E-state index is -4.43. The number of rotatable bonds is 5. The largest absolute Gasteiger partial charge is 0.465 e. The van der Waals surface area contributed by atoms with Gasteiger partial charge in [0, 0.05) is 17.4 Å². The summed E-state index contributed by atoms with van der Waals surface area (Å²) in [6, 6.07) is 4.63. The molecule has 1 N–H and O–H groups in total. The van der Waals surface area contributed by atoms with Gasteiger partial charge in [-0.1, -0.05) is 23.7 Å². The summed E-state index contributed by atoms with van der Waals surface area (Å²) in [4.78, 5) is 23.0. The Labute approximate surface area is 135 Å². The third kappa shape index (κ3) is 5.74. The second-order valence-electron chi connectivity index (χ2n) is 5.45. The van der Waals surface area contributed by atoms with Crippen molar-refractivity contribution in [2.75, 3.05) is 6.61 Å². The van der Waals surface area contributed by atoms with Crippen LogP contribution >= 0.6 is 11.6 Å². The number of nitrogens with one attached hydrogen (secondary N) is 1. The van der Waals surface area contributed by atoms with Crippen LogP contribution in [0.4, 0.5) is 13.2 Å². The van der Waals surface area contributed by atoms with Crippen LogP contribution < -0.4 is 5.32 Å². The molecule has 1 aliphatic heterocycles. The molecule has 1 saturated heterocycles. The highest BCUT2D eigenvalue weighted by Crippen LogP contribution is 2.30. The lowest BCUT2D eigenvalue weighted by atomic mass is 10.0. The van der Waals surface area contributed by atoms with Crippen LogP contribution in [0.3, 0.4) is 0 Å². The molecule has 4 nitrogen and oxygen atoms in total. The number of esters is 1. The molecule has 0 spiro atoms. The first-order valence-electron chi connectivity index (χ1n) is 7.00. The predicted molar refractivity (Wildman–Crippen MR) is 76.7 cm³/mol. The van der Waals surface area contributed by atoms with Crippen molar-refractivity contribution in [3.05, 3.63) is 34.9 Å². The van der Waals surface area contributed by atoms with Crippen molar-refractivity contribution in [3.8, 4) is 0 Å². The van der Waals surface area contributed by atoms with E-state index in [2.05, 4.69) is 5.32 Å². The Morgan fingerprint density at radius 3 is 2.52 bits per heavy atom. The lowest BCUT2D eigenvalue weighted by molar-refractivity contribution is -0.143. The zero-order valence-electron chi connectivity index (χ0n) is 12.0. The molecule has 8 heteroatoms. The maximum Gasteiger partial charge on any atom is 0.391 e. The molecule has 0 radical (unpaired) electrons.